The lowest BCUT2D eigenvalue weighted by atomic mass is 9.99. The number of hydrogen-bond donors (Lipinski definition) is 0. The van der Waals surface area contributed by atoms with Crippen molar-refractivity contribution < 1.29 is 22.7 Å². The Labute approximate surface area is 208 Å². The molecule has 36 heavy (non-hydrogen) atoms. The Hall–Kier alpha value is -2.98. The molecule has 4 heterocycles. The van der Waals surface area contributed by atoms with Crippen LogP contribution in [0.4, 0.5) is 13.2 Å². The van der Waals surface area contributed by atoms with Crippen LogP contribution in [-0.4, -0.2) is 75.1 Å². The fraction of sp³-hybridized carbons (Fsp3) is 0.500. The van der Waals surface area contributed by atoms with E-state index in [2.05, 4.69) is 14.9 Å². The summed E-state index contributed by atoms with van der Waals surface area (Å²) in [5.74, 6) is 0.253. The standard InChI is InChI=1S/C26H32F3N5O2/c1-15(2)36-26(35)21-12-22-20(19-13-30-18(5)31-14-19)6-7-34(22)23(16(21)3)17(4)32-8-10-33(11-9-32)25(29)24(27)28/h6-7,12-15,17,24-25H,8-11H2,1-5H3. The van der Waals surface area contributed by atoms with E-state index in [1.54, 1.807) is 26.2 Å². The third kappa shape index (κ3) is 5.10. The minimum absolute atomic E-state index is 0.166. The highest BCUT2D eigenvalue weighted by molar-refractivity contribution is 5.95. The van der Waals surface area contributed by atoms with Gasteiger partial charge in [0.15, 0.2) is 0 Å². The molecule has 0 amide bonds. The first kappa shape index (κ1) is 26.1. The summed E-state index contributed by atoms with van der Waals surface area (Å²) in [6.07, 6.45) is -0.101. The van der Waals surface area contributed by atoms with E-state index in [1.807, 2.05) is 43.5 Å². The van der Waals surface area contributed by atoms with Crippen LogP contribution in [0, 0.1) is 13.8 Å². The van der Waals surface area contributed by atoms with Crippen LogP contribution in [0.15, 0.2) is 30.7 Å². The van der Waals surface area contributed by atoms with Gasteiger partial charge in [-0.3, -0.25) is 9.80 Å². The minimum Gasteiger partial charge on any atom is -0.459 e. The quantitative estimate of drug-likeness (QED) is 0.340. The molecule has 194 valence electrons. The Morgan fingerprint density at radius 3 is 2.19 bits per heavy atom. The molecule has 0 bridgehead atoms. The lowest BCUT2D eigenvalue weighted by Crippen LogP contribution is -2.51. The van der Waals surface area contributed by atoms with E-state index in [4.69, 9.17) is 4.74 Å². The monoisotopic (exact) mass is 503 g/mol. The topological polar surface area (TPSA) is 63.0 Å². The molecule has 1 saturated heterocycles. The van der Waals surface area contributed by atoms with E-state index in [-0.39, 0.29) is 25.2 Å². The summed E-state index contributed by atoms with van der Waals surface area (Å²) in [5.41, 5.74) is 4.65. The summed E-state index contributed by atoms with van der Waals surface area (Å²) in [5, 5.41) is 0. The van der Waals surface area contributed by atoms with Gasteiger partial charge in [0.25, 0.3) is 6.43 Å². The number of rotatable bonds is 7. The maximum absolute atomic E-state index is 13.9. The molecule has 3 aromatic rings. The van der Waals surface area contributed by atoms with Gasteiger partial charge in [-0.05, 0) is 52.3 Å². The SMILES string of the molecule is Cc1ncc(-c2ccn3c(C(C)N4CCN(C(F)C(F)F)CC4)c(C)c(C(=O)OC(C)C)cc23)cn1. The van der Waals surface area contributed by atoms with Crippen molar-refractivity contribution in [2.75, 3.05) is 26.2 Å². The van der Waals surface area contributed by atoms with Gasteiger partial charge in [0.2, 0.25) is 6.30 Å². The Morgan fingerprint density at radius 1 is 1.00 bits per heavy atom. The van der Waals surface area contributed by atoms with E-state index in [1.165, 1.54) is 4.90 Å². The Bertz CT molecular complexity index is 1220. The molecule has 2 unspecified atom stereocenters. The highest BCUT2D eigenvalue weighted by atomic mass is 19.3. The van der Waals surface area contributed by atoms with E-state index in [0.29, 0.717) is 24.5 Å². The predicted molar refractivity (Wildman–Crippen MR) is 131 cm³/mol. The minimum atomic E-state index is -3.02. The predicted octanol–water partition coefficient (Wildman–Crippen LogP) is 4.82. The van der Waals surface area contributed by atoms with Crippen molar-refractivity contribution in [1.29, 1.82) is 0 Å². The first-order valence-corrected chi connectivity index (χ1v) is 12.1. The van der Waals surface area contributed by atoms with Gasteiger partial charge in [-0.1, -0.05) is 0 Å². The van der Waals surface area contributed by atoms with Crippen LogP contribution >= 0.6 is 0 Å². The number of alkyl halides is 3. The molecule has 4 rings (SSSR count). The van der Waals surface area contributed by atoms with Gasteiger partial charge in [0.05, 0.1) is 17.2 Å². The van der Waals surface area contributed by atoms with Crippen molar-refractivity contribution in [3.8, 4) is 11.1 Å². The Morgan fingerprint density at radius 2 is 1.61 bits per heavy atom. The third-order valence-corrected chi connectivity index (χ3v) is 6.76. The molecule has 1 fully saturated rings. The summed E-state index contributed by atoms with van der Waals surface area (Å²) in [7, 11) is 0. The largest absolute Gasteiger partial charge is 0.459 e. The second-order valence-electron chi connectivity index (χ2n) is 9.48. The molecule has 1 aliphatic heterocycles. The summed E-state index contributed by atoms with van der Waals surface area (Å²) in [6.45, 7) is 10.6. The lowest BCUT2D eigenvalue weighted by molar-refractivity contribution is -0.0688. The molecule has 3 aromatic heterocycles. The number of hydrogen-bond acceptors (Lipinski definition) is 6. The van der Waals surface area contributed by atoms with Crippen molar-refractivity contribution in [2.45, 2.75) is 59.5 Å². The molecule has 0 spiro atoms. The number of halogens is 3. The molecule has 0 N–H and O–H groups in total. The van der Waals surface area contributed by atoms with E-state index in [9.17, 15) is 18.0 Å². The van der Waals surface area contributed by atoms with E-state index >= 15 is 0 Å². The number of fused-ring (bicyclic) bond motifs is 1. The highest BCUT2D eigenvalue weighted by Gasteiger charge is 2.33. The van der Waals surface area contributed by atoms with Crippen LogP contribution in [0.2, 0.25) is 0 Å². The maximum atomic E-state index is 13.9. The second-order valence-corrected chi connectivity index (χ2v) is 9.48. The van der Waals surface area contributed by atoms with Gasteiger partial charge >= 0.3 is 5.97 Å². The molecule has 10 heteroatoms. The fourth-order valence-corrected chi connectivity index (χ4v) is 4.85. The number of piperazine rings is 1. The van der Waals surface area contributed by atoms with Crippen LogP contribution < -0.4 is 0 Å². The number of ether oxygens (including phenoxy) is 1. The first-order chi connectivity index (χ1) is 17.1. The van der Waals surface area contributed by atoms with E-state index < -0.39 is 18.7 Å². The van der Waals surface area contributed by atoms with Crippen molar-refractivity contribution >= 4 is 11.5 Å². The normalized spacial score (nSPS) is 17.2. The van der Waals surface area contributed by atoms with Crippen LogP contribution in [-0.2, 0) is 4.74 Å². The second kappa shape index (κ2) is 10.6. The third-order valence-electron chi connectivity index (χ3n) is 6.76. The summed E-state index contributed by atoms with van der Waals surface area (Å²) in [4.78, 5) is 25.0. The van der Waals surface area contributed by atoms with Crippen LogP contribution in [0.5, 0.6) is 0 Å². The van der Waals surface area contributed by atoms with Gasteiger partial charge in [0, 0.05) is 67.6 Å². The summed E-state index contributed by atoms with van der Waals surface area (Å²) < 4.78 is 47.1. The van der Waals surface area contributed by atoms with Gasteiger partial charge < -0.3 is 9.14 Å². The number of nitrogens with zero attached hydrogens (tertiary/aromatic N) is 5. The molecular formula is C26H32F3N5O2. The Balaban J connectivity index is 1.76. The van der Waals surface area contributed by atoms with Gasteiger partial charge in [-0.25, -0.2) is 27.9 Å². The Kier molecular flexibility index (Phi) is 7.65. The maximum Gasteiger partial charge on any atom is 0.338 e. The van der Waals surface area contributed by atoms with Crippen LogP contribution in [0.1, 0.15) is 54.3 Å². The molecule has 0 radical (unpaired) electrons. The summed E-state index contributed by atoms with van der Waals surface area (Å²) in [6, 6.07) is 3.63. The number of esters is 1. The number of carbonyl (C=O) groups is 1. The number of aromatic nitrogens is 3. The average molecular weight is 504 g/mol. The smallest absolute Gasteiger partial charge is 0.338 e. The number of aryl methyl sites for hydroxylation is 1. The molecule has 1 aliphatic rings. The van der Waals surface area contributed by atoms with Crippen molar-refractivity contribution in [1.82, 2.24) is 24.2 Å². The molecule has 0 saturated carbocycles. The van der Waals surface area contributed by atoms with Crippen molar-refractivity contribution in [3.05, 3.63) is 53.4 Å². The number of pyridine rings is 1. The molecule has 0 aliphatic carbocycles. The summed E-state index contributed by atoms with van der Waals surface area (Å²) >= 11 is 0. The zero-order valence-corrected chi connectivity index (χ0v) is 21.2. The fourth-order valence-electron chi connectivity index (χ4n) is 4.85. The van der Waals surface area contributed by atoms with Crippen molar-refractivity contribution in [2.24, 2.45) is 0 Å². The van der Waals surface area contributed by atoms with Crippen LogP contribution in [0.25, 0.3) is 16.6 Å². The molecule has 2 atom stereocenters. The van der Waals surface area contributed by atoms with Gasteiger partial charge in [-0.2, -0.15) is 0 Å². The number of carbonyl (C=O) groups excluding carboxylic acids is 1. The highest BCUT2D eigenvalue weighted by Crippen LogP contribution is 2.34. The van der Waals surface area contributed by atoms with Gasteiger partial charge in [-0.15, -0.1) is 0 Å². The zero-order chi connectivity index (χ0) is 26.1. The van der Waals surface area contributed by atoms with Gasteiger partial charge in [0.1, 0.15) is 5.82 Å². The molecule has 0 aromatic carbocycles. The molecule has 7 nitrogen and oxygen atoms in total. The van der Waals surface area contributed by atoms with Crippen LogP contribution in [0.3, 0.4) is 0 Å². The molecular weight excluding hydrogens is 471 g/mol. The average Bonchev–Trinajstić information content (AvgIpc) is 3.26. The van der Waals surface area contributed by atoms with E-state index in [0.717, 1.165) is 27.9 Å². The zero-order valence-electron chi connectivity index (χ0n) is 21.2. The first-order valence-electron chi connectivity index (χ1n) is 12.1. The lowest BCUT2D eigenvalue weighted by Gasteiger charge is -2.39. The van der Waals surface area contributed by atoms with Crippen molar-refractivity contribution in [3.63, 3.8) is 0 Å².